The molecular weight excluding hydrogens is 190 g/mol. The summed E-state index contributed by atoms with van der Waals surface area (Å²) in [7, 11) is 1.62. The van der Waals surface area contributed by atoms with E-state index in [1.54, 1.807) is 20.2 Å². The Morgan fingerprint density at radius 2 is 2.13 bits per heavy atom. The average molecular weight is 203 g/mol. The van der Waals surface area contributed by atoms with Crippen LogP contribution in [0.3, 0.4) is 0 Å². The number of hydrogen-bond acceptors (Lipinski definition) is 2. The van der Waals surface area contributed by atoms with Crippen LogP contribution in [0.4, 0.5) is 0 Å². The van der Waals surface area contributed by atoms with E-state index in [0.29, 0.717) is 0 Å². The minimum atomic E-state index is 0.0672. The molecular formula is C12H13NO2. The van der Waals surface area contributed by atoms with Crippen molar-refractivity contribution in [3.05, 3.63) is 29.5 Å². The number of H-pyrrole nitrogens is 1. The molecule has 0 fully saturated rings. The lowest BCUT2D eigenvalue weighted by Gasteiger charge is -2.04. The molecule has 2 aromatic rings. The van der Waals surface area contributed by atoms with Gasteiger partial charge >= 0.3 is 0 Å². The number of carbonyl (C=O) groups excluding carboxylic acids is 1. The molecule has 0 unspecified atom stereocenters. The molecule has 0 saturated carbocycles. The van der Waals surface area contributed by atoms with Crippen molar-refractivity contribution in [2.24, 2.45) is 0 Å². The van der Waals surface area contributed by atoms with Crippen LogP contribution in [0.1, 0.15) is 22.8 Å². The predicted octanol–water partition coefficient (Wildman–Crippen LogP) is 2.69. The SMILES string of the molecule is COc1ccc(C)c2c(C(C)=O)c[nH]c12. The number of ether oxygens (including phenoxy) is 1. The Labute approximate surface area is 88.1 Å². The molecule has 0 aliphatic heterocycles. The van der Waals surface area contributed by atoms with Crippen LogP contribution in [0.15, 0.2) is 18.3 Å². The van der Waals surface area contributed by atoms with Gasteiger partial charge in [0, 0.05) is 17.1 Å². The number of aryl methyl sites for hydroxylation is 1. The van der Waals surface area contributed by atoms with Crippen molar-refractivity contribution in [2.45, 2.75) is 13.8 Å². The van der Waals surface area contributed by atoms with Crippen LogP contribution in [0, 0.1) is 6.92 Å². The van der Waals surface area contributed by atoms with Crippen LogP contribution in [-0.4, -0.2) is 17.9 Å². The number of methoxy groups -OCH3 is 1. The van der Waals surface area contributed by atoms with Crippen molar-refractivity contribution in [3.8, 4) is 5.75 Å². The van der Waals surface area contributed by atoms with Crippen LogP contribution in [-0.2, 0) is 0 Å². The number of fused-ring (bicyclic) bond motifs is 1. The summed E-state index contributed by atoms with van der Waals surface area (Å²) in [5.74, 6) is 0.834. The maximum Gasteiger partial charge on any atom is 0.161 e. The Morgan fingerprint density at radius 1 is 1.40 bits per heavy atom. The molecule has 1 heterocycles. The van der Waals surface area contributed by atoms with Crippen molar-refractivity contribution < 1.29 is 9.53 Å². The van der Waals surface area contributed by atoms with Crippen molar-refractivity contribution in [3.63, 3.8) is 0 Å². The topological polar surface area (TPSA) is 42.1 Å². The van der Waals surface area contributed by atoms with Gasteiger partial charge in [0.2, 0.25) is 0 Å². The average Bonchev–Trinajstić information content (AvgIpc) is 2.63. The minimum absolute atomic E-state index is 0.0672. The highest BCUT2D eigenvalue weighted by Gasteiger charge is 2.12. The maximum absolute atomic E-state index is 11.4. The first-order valence-corrected chi connectivity index (χ1v) is 4.80. The number of ketones is 1. The van der Waals surface area contributed by atoms with Gasteiger partial charge in [0.25, 0.3) is 0 Å². The number of rotatable bonds is 2. The molecule has 1 aromatic heterocycles. The summed E-state index contributed by atoms with van der Waals surface area (Å²) >= 11 is 0. The van der Waals surface area contributed by atoms with E-state index in [9.17, 15) is 4.79 Å². The molecule has 0 saturated heterocycles. The summed E-state index contributed by atoms with van der Waals surface area (Å²) in [6.45, 7) is 3.56. The molecule has 0 bridgehead atoms. The molecule has 1 N–H and O–H groups in total. The van der Waals surface area contributed by atoms with Crippen LogP contribution in [0.25, 0.3) is 10.9 Å². The first kappa shape index (κ1) is 9.77. The fraction of sp³-hybridized carbons (Fsp3) is 0.250. The first-order chi connectivity index (χ1) is 7.15. The summed E-state index contributed by atoms with van der Waals surface area (Å²) in [5, 5.41) is 0.960. The Kier molecular flexibility index (Phi) is 2.23. The highest BCUT2D eigenvalue weighted by atomic mass is 16.5. The van der Waals surface area contributed by atoms with Gasteiger partial charge in [0.05, 0.1) is 12.6 Å². The van der Waals surface area contributed by atoms with Gasteiger partial charge in [-0.05, 0) is 25.5 Å². The van der Waals surface area contributed by atoms with Gasteiger partial charge in [-0.15, -0.1) is 0 Å². The number of carbonyl (C=O) groups is 1. The number of Topliss-reactive ketones (excluding diaryl/α,β-unsaturated/α-hetero) is 1. The van der Waals surface area contributed by atoms with E-state index in [1.165, 1.54) is 0 Å². The Hall–Kier alpha value is -1.77. The van der Waals surface area contributed by atoms with Crippen LogP contribution in [0.2, 0.25) is 0 Å². The molecule has 15 heavy (non-hydrogen) atoms. The summed E-state index contributed by atoms with van der Waals surface area (Å²) in [4.78, 5) is 14.5. The third kappa shape index (κ3) is 1.40. The number of aromatic nitrogens is 1. The van der Waals surface area contributed by atoms with E-state index < -0.39 is 0 Å². The van der Waals surface area contributed by atoms with Crippen LogP contribution >= 0.6 is 0 Å². The lowest BCUT2D eigenvalue weighted by molar-refractivity contribution is 0.101. The van der Waals surface area contributed by atoms with E-state index in [-0.39, 0.29) is 5.78 Å². The minimum Gasteiger partial charge on any atom is -0.495 e. The van der Waals surface area contributed by atoms with Crippen LogP contribution in [0.5, 0.6) is 5.75 Å². The largest absolute Gasteiger partial charge is 0.495 e. The molecule has 3 heteroatoms. The van der Waals surface area contributed by atoms with Gasteiger partial charge in [-0.25, -0.2) is 0 Å². The van der Waals surface area contributed by atoms with Crippen molar-refractivity contribution >= 4 is 16.7 Å². The lowest BCUT2D eigenvalue weighted by Crippen LogP contribution is -1.91. The summed E-state index contributed by atoms with van der Waals surface area (Å²) < 4.78 is 5.23. The second-order valence-corrected chi connectivity index (χ2v) is 3.59. The van der Waals surface area contributed by atoms with Crippen molar-refractivity contribution in [2.75, 3.05) is 7.11 Å². The second kappa shape index (κ2) is 3.42. The Balaban J connectivity index is 2.84. The predicted molar refractivity (Wildman–Crippen MR) is 59.6 cm³/mol. The summed E-state index contributed by atoms with van der Waals surface area (Å²) in [6, 6.07) is 3.86. The molecule has 2 rings (SSSR count). The number of nitrogens with one attached hydrogen (secondary N) is 1. The quantitative estimate of drug-likeness (QED) is 0.762. The van der Waals surface area contributed by atoms with Gasteiger partial charge < -0.3 is 9.72 Å². The molecule has 3 nitrogen and oxygen atoms in total. The maximum atomic E-state index is 11.4. The standard InChI is InChI=1S/C12H13NO2/c1-7-4-5-10(15-3)12-11(7)9(6-13-12)8(2)14/h4-6,13H,1-3H3. The van der Waals surface area contributed by atoms with E-state index in [2.05, 4.69) is 4.98 Å². The Morgan fingerprint density at radius 3 is 2.73 bits per heavy atom. The van der Waals surface area contributed by atoms with E-state index >= 15 is 0 Å². The lowest BCUT2D eigenvalue weighted by atomic mass is 10.0. The third-order valence-electron chi connectivity index (χ3n) is 2.60. The smallest absolute Gasteiger partial charge is 0.161 e. The number of aromatic amines is 1. The fourth-order valence-electron chi connectivity index (χ4n) is 1.84. The zero-order valence-corrected chi connectivity index (χ0v) is 9.05. The van der Waals surface area contributed by atoms with Crippen LogP contribution < -0.4 is 4.74 Å². The third-order valence-corrected chi connectivity index (χ3v) is 2.60. The van der Waals surface area contributed by atoms with E-state index in [4.69, 9.17) is 4.74 Å². The zero-order chi connectivity index (χ0) is 11.0. The molecule has 0 aliphatic rings. The monoisotopic (exact) mass is 203 g/mol. The fourth-order valence-corrected chi connectivity index (χ4v) is 1.84. The summed E-state index contributed by atoms with van der Waals surface area (Å²) in [5.41, 5.74) is 2.70. The van der Waals surface area contributed by atoms with Crippen molar-refractivity contribution in [1.82, 2.24) is 4.98 Å². The van der Waals surface area contributed by atoms with E-state index in [1.807, 2.05) is 19.1 Å². The molecule has 0 aliphatic carbocycles. The Bertz CT molecular complexity index is 526. The normalized spacial score (nSPS) is 10.6. The van der Waals surface area contributed by atoms with Gasteiger partial charge in [0.15, 0.2) is 5.78 Å². The molecule has 1 aromatic carbocycles. The van der Waals surface area contributed by atoms with E-state index in [0.717, 1.165) is 27.8 Å². The van der Waals surface area contributed by atoms with Gasteiger partial charge in [-0.3, -0.25) is 4.79 Å². The molecule has 0 atom stereocenters. The summed E-state index contributed by atoms with van der Waals surface area (Å²) in [6.07, 6.45) is 1.74. The van der Waals surface area contributed by atoms with Gasteiger partial charge in [0.1, 0.15) is 5.75 Å². The first-order valence-electron chi connectivity index (χ1n) is 4.80. The van der Waals surface area contributed by atoms with Gasteiger partial charge in [-0.1, -0.05) is 6.07 Å². The molecule has 0 radical (unpaired) electrons. The van der Waals surface area contributed by atoms with Crippen molar-refractivity contribution in [1.29, 1.82) is 0 Å². The number of benzene rings is 1. The zero-order valence-electron chi connectivity index (χ0n) is 9.05. The second-order valence-electron chi connectivity index (χ2n) is 3.59. The highest BCUT2D eigenvalue weighted by Crippen LogP contribution is 2.30. The highest BCUT2D eigenvalue weighted by molar-refractivity contribution is 6.09. The number of hydrogen-bond donors (Lipinski definition) is 1. The molecule has 0 amide bonds. The molecule has 0 spiro atoms. The molecule has 78 valence electrons. The van der Waals surface area contributed by atoms with Gasteiger partial charge in [-0.2, -0.15) is 0 Å².